The Morgan fingerprint density at radius 1 is 0.929 bits per heavy atom. The normalized spacial score (nSPS) is 11.9. The molecule has 0 aromatic heterocycles. The van der Waals surface area contributed by atoms with Crippen molar-refractivity contribution in [1.82, 2.24) is 0 Å². The number of esters is 1. The fourth-order valence-electron chi connectivity index (χ4n) is 2.88. The van der Waals surface area contributed by atoms with Gasteiger partial charge in [-0.25, -0.2) is 0 Å². The van der Waals surface area contributed by atoms with Crippen LogP contribution in [-0.2, 0) is 27.3 Å². The van der Waals surface area contributed by atoms with E-state index in [1.807, 2.05) is 24.3 Å². The van der Waals surface area contributed by atoms with Crippen LogP contribution in [0.2, 0.25) is 0 Å². The standard InChI is InChI=1S/C25H38O3/c1-3-5-6-7-8-9-10-11-12-13-14-21-27-22-24-17-15-23(16-18-24)19-20-25(26)28-4-2/h15-18H,3-12,19-22H2,1-2H3/i21D2. The monoisotopic (exact) mass is 388 g/mol. The number of ether oxygens (including phenoxy) is 2. The second-order valence-electron chi connectivity index (χ2n) is 7.04. The van der Waals surface area contributed by atoms with Crippen molar-refractivity contribution in [3.05, 3.63) is 35.4 Å². The molecule has 28 heavy (non-hydrogen) atoms. The first-order valence-corrected chi connectivity index (χ1v) is 10.8. The maximum Gasteiger partial charge on any atom is 0.306 e. The van der Waals surface area contributed by atoms with Crippen LogP contribution in [0.15, 0.2) is 24.3 Å². The minimum Gasteiger partial charge on any atom is -0.466 e. The van der Waals surface area contributed by atoms with Crippen LogP contribution in [0.3, 0.4) is 0 Å². The number of hydrogen-bond acceptors (Lipinski definition) is 3. The molecule has 0 saturated carbocycles. The highest BCUT2D eigenvalue weighted by molar-refractivity contribution is 5.69. The predicted molar refractivity (Wildman–Crippen MR) is 116 cm³/mol. The maximum absolute atomic E-state index is 11.4. The average Bonchev–Trinajstić information content (AvgIpc) is 2.73. The minimum atomic E-state index is -1.94. The van der Waals surface area contributed by atoms with Crippen LogP contribution in [-0.4, -0.2) is 19.1 Å². The molecule has 3 nitrogen and oxygen atoms in total. The van der Waals surface area contributed by atoms with Gasteiger partial charge in [0.05, 0.1) is 16.0 Å². The molecular weight excluding hydrogens is 348 g/mol. The maximum atomic E-state index is 11.4. The molecule has 0 aliphatic rings. The Morgan fingerprint density at radius 2 is 1.57 bits per heavy atom. The molecule has 1 rings (SSSR count). The summed E-state index contributed by atoms with van der Waals surface area (Å²) in [5.74, 6) is 5.35. The fourth-order valence-corrected chi connectivity index (χ4v) is 2.88. The summed E-state index contributed by atoms with van der Waals surface area (Å²) in [5, 5.41) is 0. The van der Waals surface area contributed by atoms with Crippen molar-refractivity contribution in [2.24, 2.45) is 0 Å². The SMILES string of the molecule is [2H]C([2H])(C#CCCCCCCCCCC)OCc1ccc(CCC(=O)OCC)cc1. The lowest BCUT2D eigenvalue weighted by Gasteiger charge is -2.04. The Labute approximate surface area is 175 Å². The number of hydrogen-bond donors (Lipinski definition) is 0. The summed E-state index contributed by atoms with van der Waals surface area (Å²) < 4.78 is 26.1. The second-order valence-corrected chi connectivity index (χ2v) is 7.04. The van der Waals surface area contributed by atoms with E-state index in [2.05, 4.69) is 18.8 Å². The number of carbonyl (C=O) groups is 1. The van der Waals surface area contributed by atoms with E-state index < -0.39 is 6.56 Å². The highest BCUT2D eigenvalue weighted by atomic mass is 16.5. The molecule has 156 valence electrons. The van der Waals surface area contributed by atoms with Crippen LogP contribution < -0.4 is 0 Å². The third-order valence-electron chi connectivity index (χ3n) is 4.55. The molecule has 0 bridgehead atoms. The van der Waals surface area contributed by atoms with Gasteiger partial charge in [-0.2, -0.15) is 0 Å². The summed E-state index contributed by atoms with van der Waals surface area (Å²) in [7, 11) is 0. The average molecular weight is 389 g/mol. The number of aryl methyl sites for hydroxylation is 1. The summed E-state index contributed by atoms with van der Waals surface area (Å²) in [6.45, 7) is 2.65. The smallest absolute Gasteiger partial charge is 0.306 e. The molecule has 0 fully saturated rings. The van der Waals surface area contributed by atoms with Crippen molar-refractivity contribution in [1.29, 1.82) is 0 Å². The molecule has 0 atom stereocenters. The molecule has 1 aromatic rings. The van der Waals surface area contributed by atoms with Crippen LogP contribution in [0.4, 0.5) is 0 Å². The summed E-state index contributed by atoms with van der Waals surface area (Å²) in [4.78, 5) is 11.4. The molecule has 0 radical (unpaired) electrons. The molecule has 0 amide bonds. The molecule has 0 saturated heterocycles. The van der Waals surface area contributed by atoms with Crippen molar-refractivity contribution in [3.63, 3.8) is 0 Å². The van der Waals surface area contributed by atoms with Crippen molar-refractivity contribution in [2.45, 2.75) is 91.1 Å². The summed E-state index contributed by atoms with van der Waals surface area (Å²) in [6, 6.07) is 7.65. The van der Waals surface area contributed by atoms with Crippen molar-refractivity contribution in [3.8, 4) is 11.8 Å². The number of rotatable bonds is 15. The van der Waals surface area contributed by atoms with E-state index in [0.29, 0.717) is 25.9 Å². The molecule has 0 spiro atoms. The highest BCUT2D eigenvalue weighted by Gasteiger charge is 2.02. The molecule has 0 heterocycles. The van der Waals surface area contributed by atoms with E-state index >= 15 is 0 Å². The number of unbranched alkanes of at least 4 members (excludes halogenated alkanes) is 8. The van der Waals surface area contributed by atoms with E-state index in [9.17, 15) is 4.79 Å². The quantitative estimate of drug-likeness (QED) is 0.203. The minimum absolute atomic E-state index is 0.164. The molecule has 3 heteroatoms. The zero-order chi connectivity index (χ0) is 22.1. The van der Waals surface area contributed by atoms with Crippen LogP contribution in [0.1, 0.15) is 91.9 Å². The molecule has 1 aromatic carbocycles. The number of benzene rings is 1. The first-order chi connectivity index (χ1) is 14.5. The molecule has 0 aliphatic heterocycles. The van der Waals surface area contributed by atoms with E-state index in [1.165, 1.54) is 38.5 Å². The van der Waals surface area contributed by atoms with E-state index in [4.69, 9.17) is 12.2 Å². The summed E-state index contributed by atoms with van der Waals surface area (Å²) in [6.07, 6.45) is 11.7. The molecular formula is C25H38O3. The third kappa shape index (κ3) is 13.4. The Hall–Kier alpha value is -1.79. The van der Waals surface area contributed by atoms with Crippen LogP contribution >= 0.6 is 0 Å². The van der Waals surface area contributed by atoms with Crippen molar-refractivity contribution in [2.75, 3.05) is 13.2 Å². The Morgan fingerprint density at radius 3 is 2.25 bits per heavy atom. The topological polar surface area (TPSA) is 35.5 Å². The second kappa shape index (κ2) is 17.3. The van der Waals surface area contributed by atoms with Crippen LogP contribution in [0.25, 0.3) is 0 Å². The van der Waals surface area contributed by atoms with Crippen LogP contribution in [0, 0.1) is 11.8 Å². The Balaban J connectivity index is 2.23. The van der Waals surface area contributed by atoms with Gasteiger partial charge in [0, 0.05) is 12.8 Å². The largest absolute Gasteiger partial charge is 0.466 e. The van der Waals surface area contributed by atoms with Gasteiger partial charge >= 0.3 is 5.97 Å². The lowest BCUT2D eigenvalue weighted by atomic mass is 10.1. The van der Waals surface area contributed by atoms with Crippen molar-refractivity contribution >= 4 is 5.97 Å². The van der Waals surface area contributed by atoms with Gasteiger partial charge in [0.2, 0.25) is 0 Å². The van der Waals surface area contributed by atoms with Gasteiger partial charge in [-0.1, -0.05) is 82.1 Å². The fraction of sp³-hybridized carbons (Fsp3) is 0.640. The molecule has 0 N–H and O–H groups in total. The van der Waals surface area contributed by atoms with E-state index in [-0.39, 0.29) is 12.6 Å². The van der Waals surface area contributed by atoms with Gasteiger partial charge in [-0.3, -0.25) is 4.79 Å². The first kappa shape index (κ1) is 20.9. The van der Waals surface area contributed by atoms with E-state index in [0.717, 1.165) is 24.0 Å². The summed E-state index contributed by atoms with van der Waals surface area (Å²) in [5.41, 5.74) is 1.92. The summed E-state index contributed by atoms with van der Waals surface area (Å²) >= 11 is 0. The third-order valence-corrected chi connectivity index (χ3v) is 4.55. The van der Waals surface area contributed by atoms with Gasteiger partial charge in [0.1, 0.15) is 6.56 Å². The predicted octanol–water partition coefficient (Wildman–Crippen LogP) is 6.23. The van der Waals surface area contributed by atoms with Gasteiger partial charge in [-0.05, 0) is 30.9 Å². The zero-order valence-electron chi connectivity index (χ0n) is 19.7. The zero-order valence-corrected chi connectivity index (χ0v) is 17.7. The van der Waals surface area contributed by atoms with Gasteiger partial charge < -0.3 is 9.47 Å². The number of carbonyl (C=O) groups excluding carboxylic acids is 1. The lowest BCUT2D eigenvalue weighted by molar-refractivity contribution is -0.143. The van der Waals surface area contributed by atoms with Gasteiger partial charge in [0.25, 0.3) is 0 Å². The van der Waals surface area contributed by atoms with Crippen LogP contribution in [0.5, 0.6) is 0 Å². The lowest BCUT2D eigenvalue weighted by Crippen LogP contribution is -2.05. The van der Waals surface area contributed by atoms with Gasteiger partial charge in [0.15, 0.2) is 0 Å². The molecule has 0 unspecified atom stereocenters. The Kier molecular flexibility index (Phi) is 12.9. The van der Waals surface area contributed by atoms with Gasteiger partial charge in [-0.15, -0.1) is 5.92 Å². The van der Waals surface area contributed by atoms with E-state index in [1.54, 1.807) is 6.92 Å². The van der Waals surface area contributed by atoms with Crippen molar-refractivity contribution < 1.29 is 17.0 Å². The molecule has 0 aliphatic carbocycles. The Bertz CT molecular complexity index is 645. The highest BCUT2D eigenvalue weighted by Crippen LogP contribution is 2.10. The first-order valence-electron chi connectivity index (χ1n) is 11.8.